The Kier molecular flexibility index (Phi) is 3.57. The van der Waals surface area contributed by atoms with Crippen LogP contribution in [0.3, 0.4) is 0 Å². The van der Waals surface area contributed by atoms with Crippen LogP contribution in [-0.4, -0.2) is 10.8 Å². The third-order valence-corrected chi connectivity index (χ3v) is 2.78. The van der Waals surface area contributed by atoms with Crippen molar-refractivity contribution in [2.24, 2.45) is 5.73 Å². The van der Waals surface area contributed by atoms with E-state index < -0.39 is 5.82 Å². The minimum absolute atomic E-state index is 0.154. The van der Waals surface area contributed by atoms with Gasteiger partial charge in [-0.1, -0.05) is 0 Å². The fraction of sp³-hybridized carbons (Fsp3) is 0. The molecule has 0 aliphatic carbocycles. The highest BCUT2D eigenvalue weighted by atomic mass is 79.9. The molecule has 0 amide bonds. The van der Waals surface area contributed by atoms with Crippen LogP contribution in [0.5, 0.6) is 11.5 Å². The highest BCUT2D eigenvalue weighted by molar-refractivity contribution is 9.10. The summed E-state index contributed by atoms with van der Waals surface area (Å²) in [6.07, 6.45) is 1.47. The lowest BCUT2D eigenvalue weighted by molar-refractivity contribution is 0.473. The van der Waals surface area contributed by atoms with Crippen molar-refractivity contribution in [3.05, 3.63) is 52.5 Å². The van der Waals surface area contributed by atoms with E-state index in [0.717, 1.165) is 0 Å². The van der Waals surface area contributed by atoms with E-state index in [1.165, 1.54) is 24.4 Å². The first-order valence-corrected chi connectivity index (χ1v) is 5.79. The van der Waals surface area contributed by atoms with Gasteiger partial charge in [0, 0.05) is 18.3 Å². The third-order valence-electron chi connectivity index (χ3n) is 2.13. The molecule has 0 saturated heterocycles. The second-order valence-corrected chi connectivity index (χ2v) is 4.32. The van der Waals surface area contributed by atoms with Gasteiger partial charge in [0.2, 0.25) is 0 Å². The van der Waals surface area contributed by atoms with Crippen LogP contribution >= 0.6 is 15.9 Å². The average molecular weight is 310 g/mol. The molecule has 92 valence electrons. The lowest BCUT2D eigenvalue weighted by atomic mass is 10.3. The molecule has 1 aromatic carbocycles. The number of aromatic nitrogens is 1. The second-order valence-electron chi connectivity index (χ2n) is 3.47. The number of hydrogen-bond donors (Lipinski definition) is 2. The van der Waals surface area contributed by atoms with Gasteiger partial charge >= 0.3 is 0 Å². The van der Waals surface area contributed by atoms with Crippen molar-refractivity contribution in [3.8, 4) is 11.5 Å². The maximum absolute atomic E-state index is 13.1. The van der Waals surface area contributed by atoms with Gasteiger partial charge in [-0.3, -0.25) is 10.4 Å². The Bertz CT molecular complexity index is 604. The van der Waals surface area contributed by atoms with Crippen molar-refractivity contribution in [2.75, 3.05) is 0 Å². The van der Waals surface area contributed by atoms with Crippen LogP contribution in [0.2, 0.25) is 0 Å². The SMILES string of the molecule is N=C(N)c1cc(Oc2cc(F)ccc2Br)ccn1. The maximum Gasteiger partial charge on any atom is 0.144 e. The van der Waals surface area contributed by atoms with Gasteiger partial charge in [-0.2, -0.15) is 0 Å². The largest absolute Gasteiger partial charge is 0.456 e. The summed E-state index contributed by atoms with van der Waals surface area (Å²) in [5, 5.41) is 7.28. The molecule has 0 radical (unpaired) electrons. The molecule has 1 aromatic heterocycles. The van der Waals surface area contributed by atoms with Gasteiger partial charge in [-0.25, -0.2) is 4.39 Å². The Morgan fingerprint density at radius 1 is 1.33 bits per heavy atom. The van der Waals surface area contributed by atoms with Crippen molar-refractivity contribution in [2.45, 2.75) is 0 Å². The minimum Gasteiger partial charge on any atom is -0.456 e. The molecule has 0 aliphatic heterocycles. The van der Waals surface area contributed by atoms with E-state index in [4.69, 9.17) is 15.9 Å². The lowest BCUT2D eigenvalue weighted by Crippen LogP contribution is -2.12. The van der Waals surface area contributed by atoms with E-state index in [9.17, 15) is 4.39 Å². The molecule has 0 saturated carbocycles. The minimum atomic E-state index is -0.394. The fourth-order valence-electron chi connectivity index (χ4n) is 1.30. The number of amidine groups is 1. The zero-order chi connectivity index (χ0) is 13.1. The zero-order valence-electron chi connectivity index (χ0n) is 9.15. The molecule has 18 heavy (non-hydrogen) atoms. The van der Waals surface area contributed by atoms with E-state index in [-0.39, 0.29) is 5.84 Å². The monoisotopic (exact) mass is 309 g/mol. The molecule has 0 aliphatic rings. The van der Waals surface area contributed by atoms with Crippen LogP contribution in [0.1, 0.15) is 5.69 Å². The number of pyridine rings is 1. The summed E-state index contributed by atoms with van der Waals surface area (Å²) < 4.78 is 19.2. The lowest BCUT2D eigenvalue weighted by Gasteiger charge is -2.08. The highest BCUT2D eigenvalue weighted by Gasteiger charge is 2.06. The Morgan fingerprint density at radius 3 is 2.83 bits per heavy atom. The quantitative estimate of drug-likeness (QED) is 0.676. The summed E-state index contributed by atoms with van der Waals surface area (Å²) in [5.41, 5.74) is 5.63. The molecule has 0 bridgehead atoms. The smallest absolute Gasteiger partial charge is 0.144 e. The molecule has 0 atom stereocenters. The van der Waals surface area contributed by atoms with Crippen molar-refractivity contribution in [1.29, 1.82) is 5.41 Å². The van der Waals surface area contributed by atoms with E-state index >= 15 is 0 Å². The van der Waals surface area contributed by atoms with Crippen molar-refractivity contribution in [3.63, 3.8) is 0 Å². The molecule has 1 heterocycles. The summed E-state index contributed by atoms with van der Waals surface area (Å²) in [6, 6.07) is 7.25. The van der Waals surface area contributed by atoms with E-state index in [0.29, 0.717) is 21.7 Å². The number of ether oxygens (including phenoxy) is 1. The van der Waals surface area contributed by atoms with Crippen LogP contribution in [0.25, 0.3) is 0 Å². The second kappa shape index (κ2) is 5.14. The number of nitrogens with one attached hydrogen (secondary N) is 1. The molecule has 4 nitrogen and oxygen atoms in total. The zero-order valence-corrected chi connectivity index (χ0v) is 10.7. The molecule has 0 spiro atoms. The molecule has 0 unspecified atom stereocenters. The van der Waals surface area contributed by atoms with Gasteiger partial charge in [0.25, 0.3) is 0 Å². The molecule has 0 fully saturated rings. The number of nitrogen functional groups attached to an aromatic ring is 1. The number of nitrogens with zero attached hydrogens (tertiary/aromatic N) is 1. The molecular weight excluding hydrogens is 301 g/mol. The van der Waals surface area contributed by atoms with E-state index in [1.54, 1.807) is 12.1 Å². The Morgan fingerprint density at radius 2 is 2.11 bits per heavy atom. The molecule has 6 heteroatoms. The van der Waals surface area contributed by atoms with Crippen molar-refractivity contribution in [1.82, 2.24) is 4.98 Å². The predicted octanol–water partition coefficient (Wildman–Crippen LogP) is 3.06. The van der Waals surface area contributed by atoms with Crippen LogP contribution in [0.4, 0.5) is 4.39 Å². The summed E-state index contributed by atoms with van der Waals surface area (Å²) in [4.78, 5) is 3.91. The molecular formula is C12H9BrFN3O. The number of halogens is 2. The molecule has 2 aromatic rings. The van der Waals surface area contributed by atoms with E-state index in [1.807, 2.05) is 0 Å². The first kappa shape index (κ1) is 12.5. The first-order valence-electron chi connectivity index (χ1n) is 4.99. The van der Waals surface area contributed by atoms with Gasteiger partial charge in [0.15, 0.2) is 0 Å². The first-order chi connectivity index (χ1) is 8.56. The summed E-state index contributed by atoms with van der Waals surface area (Å²) in [6.45, 7) is 0. The standard InChI is InChI=1S/C12H9BrFN3O/c13-9-2-1-7(14)5-11(9)18-8-3-4-17-10(6-8)12(15)16/h1-6H,(H3,15,16). The fourth-order valence-corrected chi connectivity index (χ4v) is 1.63. The predicted molar refractivity (Wildman–Crippen MR) is 69.4 cm³/mol. The van der Waals surface area contributed by atoms with Crippen molar-refractivity contribution < 1.29 is 9.13 Å². The van der Waals surface area contributed by atoms with E-state index in [2.05, 4.69) is 20.9 Å². The van der Waals surface area contributed by atoms with Gasteiger partial charge in [-0.15, -0.1) is 0 Å². The highest BCUT2D eigenvalue weighted by Crippen LogP contribution is 2.30. The third kappa shape index (κ3) is 2.84. The van der Waals surface area contributed by atoms with Crippen molar-refractivity contribution >= 4 is 21.8 Å². The number of hydrogen-bond acceptors (Lipinski definition) is 3. The summed E-state index contributed by atoms with van der Waals surface area (Å²) in [7, 11) is 0. The van der Waals surface area contributed by atoms with Gasteiger partial charge in [0.05, 0.1) is 4.47 Å². The number of benzene rings is 1. The molecule has 3 N–H and O–H groups in total. The van der Waals surface area contributed by atoms with Crippen LogP contribution < -0.4 is 10.5 Å². The van der Waals surface area contributed by atoms with Gasteiger partial charge in [0.1, 0.15) is 28.8 Å². The number of rotatable bonds is 3. The topological polar surface area (TPSA) is 72.0 Å². The van der Waals surface area contributed by atoms with Crippen LogP contribution in [0.15, 0.2) is 41.0 Å². The summed E-state index contributed by atoms with van der Waals surface area (Å²) >= 11 is 3.26. The Hall–Kier alpha value is -1.95. The van der Waals surface area contributed by atoms with Crippen LogP contribution in [0, 0.1) is 11.2 Å². The number of nitrogens with two attached hydrogens (primary N) is 1. The molecule has 2 rings (SSSR count). The van der Waals surface area contributed by atoms with Gasteiger partial charge < -0.3 is 10.5 Å². The Balaban J connectivity index is 2.31. The van der Waals surface area contributed by atoms with Crippen LogP contribution in [-0.2, 0) is 0 Å². The summed E-state index contributed by atoms with van der Waals surface area (Å²) in [5.74, 6) is 0.227. The average Bonchev–Trinajstić information content (AvgIpc) is 2.34. The maximum atomic E-state index is 13.1. The van der Waals surface area contributed by atoms with Gasteiger partial charge in [-0.05, 0) is 34.1 Å². The Labute approximate surface area is 111 Å². The normalized spacial score (nSPS) is 10.1.